The quantitative estimate of drug-likeness (QED) is 0.852. The Morgan fingerprint density at radius 1 is 1.33 bits per heavy atom. The van der Waals surface area contributed by atoms with Crippen molar-refractivity contribution < 1.29 is 18.7 Å². The van der Waals surface area contributed by atoms with Crippen LogP contribution in [0.15, 0.2) is 18.2 Å². The number of carboxylic acids is 1. The largest absolute Gasteiger partial charge is 0.481 e. The van der Waals surface area contributed by atoms with Crippen LogP contribution in [0.2, 0.25) is 0 Å². The SMILES string of the molecule is CC(c1cc(F)cc(F)c1)N(C)CCCC(=O)O. The van der Waals surface area contributed by atoms with Crippen LogP contribution in [0.25, 0.3) is 0 Å². The summed E-state index contributed by atoms with van der Waals surface area (Å²) in [5.74, 6) is -2.04. The molecular formula is C13H17F2NO2. The van der Waals surface area contributed by atoms with Gasteiger partial charge in [-0.2, -0.15) is 0 Å². The van der Waals surface area contributed by atoms with Gasteiger partial charge in [0.25, 0.3) is 0 Å². The van der Waals surface area contributed by atoms with Crippen LogP contribution in [-0.4, -0.2) is 29.6 Å². The predicted octanol–water partition coefficient (Wildman–Crippen LogP) is 2.82. The third-order valence-electron chi connectivity index (χ3n) is 2.93. The molecule has 1 unspecified atom stereocenters. The van der Waals surface area contributed by atoms with Gasteiger partial charge in [0.05, 0.1) is 0 Å². The van der Waals surface area contributed by atoms with Gasteiger partial charge < -0.3 is 5.11 Å². The number of rotatable bonds is 6. The number of nitrogens with zero attached hydrogens (tertiary/aromatic N) is 1. The summed E-state index contributed by atoms with van der Waals surface area (Å²) in [6, 6.07) is 3.26. The van der Waals surface area contributed by atoms with E-state index in [4.69, 9.17) is 5.11 Å². The standard InChI is InChI=1S/C13H17F2NO2/c1-9(16(2)5-3-4-13(17)18)10-6-11(14)8-12(15)7-10/h6-9H,3-5H2,1-2H3,(H,17,18). The smallest absolute Gasteiger partial charge is 0.303 e. The third kappa shape index (κ3) is 4.41. The van der Waals surface area contributed by atoms with E-state index in [9.17, 15) is 13.6 Å². The first-order valence-corrected chi connectivity index (χ1v) is 5.78. The summed E-state index contributed by atoms with van der Waals surface area (Å²) in [5, 5.41) is 8.54. The highest BCUT2D eigenvalue weighted by Gasteiger charge is 2.13. The van der Waals surface area contributed by atoms with Crippen LogP contribution in [0.5, 0.6) is 0 Å². The number of aliphatic carboxylic acids is 1. The highest BCUT2D eigenvalue weighted by atomic mass is 19.1. The zero-order valence-corrected chi connectivity index (χ0v) is 10.5. The zero-order chi connectivity index (χ0) is 13.7. The minimum absolute atomic E-state index is 0.0918. The molecule has 0 amide bonds. The van der Waals surface area contributed by atoms with E-state index in [0.717, 1.165) is 6.07 Å². The molecule has 0 fully saturated rings. The maximum absolute atomic E-state index is 13.1. The zero-order valence-electron chi connectivity index (χ0n) is 10.5. The fraction of sp³-hybridized carbons (Fsp3) is 0.462. The normalized spacial score (nSPS) is 12.7. The number of hydrogen-bond donors (Lipinski definition) is 1. The Morgan fingerprint density at radius 2 is 1.89 bits per heavy atom. The van der Waals surface area contributed by atoms with Gasteiger partial charge in [0.15, 0.2) is 0 Å². The molecular weight excluding hydrogens is 240 g/mol. The molecule has 1 atom stereocenters. The van der Waals surface area contributed by atoms with E-state index in [1.54, 1.807) is 7.05 Å². The first-order chi connectivity index (χ1) is 8.40. The van der Waals surface area contributed by atoms with Crippen molar-refractivity contribution in [3.05, 3.63) is 35.4 Å². The molecule has 0 spiro atoms. The van der Waals surface area contributed by atoms with Crippen LogP contribution in [0.3, 0.4) is 0 Å². The summed E-state index contributed by atoms with van der Waals surface area (Å²) in [6.07, 6.45) is 0.600. The van der Waals surface area contributed by atoms with Crippen LogP contribution in [0.1, 0.15) is 31.4 Å². The molecule has 1 aromatic rings. The van der Waals surface area contributed by atoms with E-state index in [2.05, 4.69) is 0 Å². The number of benzene rings is 1. The lowest BCUT2D eigenvalue weighted by molar-refractivity contribution is -0.137. The second-order valence-corrected chi connectivity index (χ2v) is 4.36. The number of carbonyl (C=O) groups is 1. The molecule has 5 heteroatoms. The number of carboxylic acid groups (broad SMARTS) is 1. The predicted molar refractivity (Wildman–Crippen MR) is 64.3 cm³/mol. The van der Waals surface area contributed by atoms with Crippen molar-refractivity contribution in [2.75, 3.05) is 13.6 Å². The van der Waals surface area contributed by atoms with Gasteiger partial charge in [-0.25, -0.2) is 8.78 Å². The Balaban J connectivity index is 2.62. The molecule has 0 aliphatic heterocycles. The molecule has 0 saturated carbocycles. The van der Waals surface area contributed by atoms with Crippen molar-refractivity contribution in [3.63, 3.8) is 0 Å². The summed E-state index contributed by atoms with van der Waals surface area (Å²) in [5.41, 5.74) is 0.547. The van der Waals surface area contributed by atoms with Crippen LogP contribution in [0.4, 0.5) is 8.78 Å². The van der Waals surface area contributed by atoms with Gasteiger partial charge in [0, 0.05) is 18.5 Å². The van der Waals surface area contributed by atoms with Crippen molar-refractivity contribution in [2.24, 2.45) is 0 Å². The van der Waals surface area contributed by atoms with Gasteiger partial charge in [0.1, 0.15) is 11.6 Å². The summed E-state index contributed by atoms with van der Waals surface area (Å²) in [6.45, 7) is 2.39. The van der Waals surface area contributed by atoms with E-state index in [-0.39, 0.29) is 12.5 Å². The summed E-state index contributed by atoms with van der Waals surface area (Å²) >= 11 is 0. The first kappa shape index (κ1) is 14.6. The van der Waals surface area contributed by atoms with Gasteiger partial charge in [-0.1, -0.05) is 0 Å². The van der Waals surface area contributed by atoms with Crippen LogP contribution in [0, 0.1) is 11.6 Å². The van der Waals surface area contributed by atoms with E-state index in [0.29, 0.717) is 18.5 Å². The maximum atomic E-state index is 13.1. The minimum Gasteiger partial charge on any atom is -0.481 e. The number of hydrogen-bond acceptors (Lipinski definition) is 2. The van der Waals surface area contributed by atoms with Crippen molar-refractivity contribution in [1.82, 2.24) is 4.90 Å². The Labute approximate surface area is 105 Å². The molecule has 0 saturated heterocycles. The summed E-state index contributed by atoms with van der Waals surface area (Å²) < 4.78 is 26.1. The Kier molecular flexibility index (Phi) is 5.22. The van der Waals surface area contributed by atoms with Crippen LogP contribution < -0.4 is 0 Å². The van der Waals surface area contributed by atoms with Crippen LogP contribution in [-0.2, 0) is 4.79 Å². The Morgan fingerprint density at radius 3 is 2.39 bits per heavy atom. The summed E-state index contributed by atoms with van der Waals surface area (Å²) in [7, 11) is 1.80. The average Bonchev–Trinajstić information content (AvgIpc) is 2.26. The lowest BCUT2D eigenvalue weighted by Gasteiger charge is -2.24. The molecule has 0 aliphatic rings. The highest BCUT2D eigenvalue weighted by Crippen LogP contribution is 2.21. The van der Waals surface area contributed by atoms with Gasteiger partial charge >= 0.3 is 5.97 Å². The lowest BCUT2D eigenvalue weighted by Crippen LogP contribution is -2.24. The lowest BCUT2D eigenvalue weighted by atomic mass is 10.1. The molecule has 1 rings (SSSR count). The molecule has 18 heavy (non-hydrogen) atoms. The Hall–Kier alpha value is -1.49. The van der Waals surface area contributed by atoms with Crippen molar-refractivity contribution in [2.45, 2.75) is 25.8 Å². The molecule has 0 heterocycles. The minimum atomic E-state index is -0.840. The second kappa shape index (κ2) is 6.44. The van der Waals surface area contributed by atoms with E-state index in [1.807, 2.05) is 11.8 Å². The monoisotopic (exact) mass is 257 g/mol. The van der Waals surface area contributed by atoms with E-state index in [1.165, 1.54) is 12.1 Å². The topological polar surface area (TPSA) is 40.5 Å². The van der Waals surface area contributed by atoms with Crippen molar-refractivity contribution in [1.29, 1.82) is 0 Å². The molecule has 0 bridgehead atoms. The van der Waals surface area contributed by atoms with Crippen molar-refractivity contribution >= 4 is 5.97 Å². The van der Waals surface area contributed by atoms with Crippen LogP contribution >= 0.6 is 0 Å². The van der Waals surface area contributed by atoms with Crippen molar-refractivity contribution in [3.8, 4) is 0 Å². The van der Waals surface area contributed by atoms with Gasteiger partial charge in [-0.05, 0) is 44.6 Å². The third-order valence-corrected chi connectivity index (χ3v) is 2.93. The first-order valence-electron chi connectivity index (χ1n) is 5.78. The highest BCUT2D eigenvalue weighted by molar-refractivity contribution is 5.66. The van der Waals surface area contributed by atoms with Gasteiger partial charge in [-0.3, -0.25) is 9.69 Å². The van der Waals surface area contributed by atoms with E-state index < -0.39 is 17.6 Å². The molecule has 100 valence electrons. The van der Waals surface area contributed by atoms with Gasteiger partial charge in [-0.15, -0.1) is 0 Å². The fourth-order valence-corrected chi connectivity index (χ4v) is 1.74. The Bertz CT molecular complexity index is 403. The molecule has 0 radical (unpaired) electrons. The molecule has 1 N–H and O–H groups in total. The molecule has 3 nitrogen and oxygen atoms in total. The number of halogens is 2. The average molecular weight is 257 g/mol. The summed E-state index contributed by atoms with van der Waals surface area (Å²) in [4.78, 5) is 12.3. The van der Waals surface area contributed by atoms with Gasteiger partial charge in [0.2, 0.25) is 0 Å². The maximum Gasteiger partial charge on any atom is 0.303 e. The molecule has 1 aromatic carbocycles. The van der Waals surface area contributed by atoms with E-state index >= 15 is 0 Å². The molecule has 0 aromatic heterocycles. The fourth-order valence-electron chi connectivity index (χ4n) is 1.74. The molecule has 0 aliphatic carbocycles. The second-order valence-electron chi connectivity index (χ2n) is 4.36.